The molecule has 1 aliphatic rings. The molecule has 0 heterocycles. The van der Waals surface area contributed by atoms with Gasteiger partial charge in [-0.2, -0.15) is 0 Å². The lowest BCUT2D eigenvalue weighted by Gasteiger charge is -2.32. The van der Waals surface area contributed by atoms with Crippen LogP contribution in [0.1, 0.15) is 53.4 Å². The van der Waals surface area contributed by atoms with Crippen molar-refractivity contribution < 1.29 is 0 Å². The second-order valence-electron chi connectivity index (χ2n) is 5.07. The van der Waals surface area contributed by atoms with Crippen molar-refractivity contribution in [3.8, 4) is 0 Å². The van der Waals surface area contributed by atoms with Gasteiger partial charge in [0.25, 0.3) is 0 Å². The summed E-state index contributed by atoms with van der Waals surface area (Å²) in [5, 5.41) is 0. The van der Waals surface area contributed by atoms with Crippen molar-refractivity contribution in [2.45, 2.75) is 53.4 Å². The van der Waals surface area contributed by atoms with Crippen LogP contribution in [0.3, 0.4) is 0 Å². The van der Waals surface area contributed by atoms with Crippen LogP contribution in [0.15, 0.2) is 35.5 Å². The quantitative estimate of drug-likeness (QED) is 0.563. The maximum absolute atomic E-state index is 4.17. The maximum atomic E-state index is 4.17. The highest BCUT2D eigenvalue weighted by atomic mass is 14.3. The Morgan fingerprint density at radius 3 is 2.69 bits per heavy atom. The van der Waals surface area contributed by atoms with Crippen LogP contribution in [-0.2, 0) is 0 Å². The van der Waals surface area contributed by atoms with Gasteiger partial charge in [-0.05, 0) is 45.4 Å². The number of hydrogen-bond acceptors (Lipinski definition) is 0. The average molecular weight is 218 g/mol. The Kier molecular flexibility index (Phi) is 5.05. The number of rotatable bonds is 4. The maximum Gasteiger partial charge on any atom is 0.00446 e. The Labute approximate surface area is 101 Å². The topological polar surface area (TPSA) is 0 Å². The van der Waals surface area contributed by atoms with E-state index in [1.165, 1.54) is 24.8 Å². The van der Waals surface area contributed by atoms with Gasteiger partial charge in [-0.3, -0.25) is 0 Å². The van der Waals surface area contributed by atoms with Crippen molar-refractivity contribution in [2.24, 2.45) is 11.8 Å². The van der Waals surface area contributed by atoms with E-state index in [0.717, 1.165) is 6.42 Å². The van der Waals surface area contributed by atoms with E-state index in [2.05, 4.69) is 46.4 Å². The first-order valence-corrected chi connectivity index (χ1v) is 6.61. The van der Waals surface area contributed by atoms with Gasteiger partial charge in [0.15, 0.2) is 0 Å². The largest absolute Gasteiger partial charge is 0.0998 e. The summed E-state index contributed by atoms with van der Waals surface area (Å²) in [6, 6.07) is 0. The smallest absolute Gasteiger partial charge is 0.00446 e. The van der Waals surface area contributed by atoms with E-state index < -0.39 is 0 Å². The fourth-order valence-electron chi connectivity index (χ4n) is 2.77. The van der Waals surface area contributed by atoms with Crippen molar-refractivity contribution in [3.63, 3.8) is 0 Å². The van der Waals surface area contributed by atoms with Crippen LogP contribution in [0, 0.1) is 11.8 Å². The van der Waals surface area contributed by atoms with Gasteiger partial charge in [-0.25, -0.2) is 0 Å². The highest BCUT2D eigenvalue weighted by Gasteiger charge is 2.25. The van der Waals surface area contributed by atoms with E-state index in [1.54, 1.807) is 11.1 Å². The lowest BCUT2D eigenvalue weighted by molar-refractivity contribution is 0.437. The fourth-order valence-corrected chi connectivity index (χ4v) is 2.77. The normalized spacial score (nSPS) is 26.5. The molecule has 1 aliphatic carbocycles. The van der Waals surface area contributed by atoms with Crippen LogP contribution in [-0.4, -0.2) is 0 Å². The van der Waals surface area contributed by atoms with Crippen molar-refractivity contribution in [1.29, 1.82) is 0 Å². The zero-order valence-corrected chi connectivity index (χ0v) is 11.3. The fraction of sp³-hybridized carbons (Fsp3) is 0.625. The van der Waals surface area contributed by atoms with Gasteiger partial charge in [-0.1, -0.05) is 49.3 Å². The molecule has 1 rings (SSSR count). The first kappa shape index (κ1) is 13.3. The van der Waals surface area contributed by atoms with E-state index in [-0.39, 0.29) is 0 Å². The SMILES string of the molecule is C=C(C)C1CCC(C)=CC1/C(=C/CC)CC. The van der Waals surface area contributed by atoms with E-state index in [0.29, 0.717) is 11.8 Å². The van der Waals surface area contributed by atoms with Crippen LogP contribution >= 0.6 is 0 Å². The number of allylic oxidation sites excluding steroid dienone is 5. The third kappa shape index (κ3) is 3.10. The molecule has 0 bridgehead atoms. The molecule has 0 aromatic rings. The lowest BCUT2D eigenvalue weighted by atomic mass is 9.73. The predicted octanol–water partition coefficient (Wildman–Crippen LogP) is 5.28. The molecule has 0 aliphatic heterocycles. The third-order valence-corrected chi connectivity index (χ3v) is 3.68. The molecule has 2 atom stereocenters. The summed E-state index contributed by atoms with van der Waals surface area (Å²) in [5.41, 5.74) is 4.51. The summed E-state index contributed by atoms with van der Waals surface area (Å²) in [5.74, 6) is 1.29. The van der Waals surface area contributed by atoms with Crippen molar-refractivity contribution in [2.75, 3.05) is 0 Å². The molecular weight excluding hydrogens is 192 g/mol. The van der Waals surface area contributed by atoms with Gasteiger partial charge in [0, 0.05) is 5.92 Å². The summed E-state index contributed by atoms with van der Waals surface area (Å²) < 4.78 is 0. The van der Waals surface area contributed by atoms with E-state index >= 15 is 0 Å². The Morgan fingerprint density at radius 2 is 2.19 bits per heavy atom. The molecule has 0 aromatic carbocycles. The minimum Gasteiger partial charge on any atom is -0.0998 e. The number of hydrogen-bond donors (Lipinski definition) is 0. The molecule has 90 valence electrons. The molecule has 2 unspecified atom stereocenters. The van der Waals surface area contributed by atoms with Crippen LogP contribution < -0.4 is 0 Å². The molecule has 16 heavy (non-hydrogen) atoms. The molecule has 0 saturated heterocycles. The summed E-state index contributed by atoms with van der Waals surface area (Å²) in [7, 11) is 0. The molecule has 0 heteroatoms. The van der Waals surface area contributed by atoms with Crippen molar-refractivity contribution >= 4 is 0 Å². The van der Waals surface area contributed by atoms with Gasteiger partial charge in [0.1, 0.15) is 0 Å². The minimum atomic E-state index is 0.621. The zero-order valence-electron chi connectivity index (χ0n) is 11.3. The second kappa shape index (κ2) is 6.08. The second-order valence-corrected chi connectivity index (χ2v) is 5.07. The summed E-state index contributed by atoms with van der Waals surface area (Å²) in [6.07, 6.45) is 9.74. The summed E-state index contributed by atoms with van der Waals surface area (Å²) in [4.78, 5) is 0. The predicted molar refractivity (Wildman–Crippen MR) is 73.5 cm³/mol. The molecule has 0 nitrogen and oxygen atoms in total. The zero-order chi connectivity index (χ0) is 12.1. The first-order valence-electron chi connectivity index (χ1n) is 6.61. The van der Waals surface area contributed by atoms with E-state index in [9.17, 15) is 0 Å². The van der Waals surface area contributed by atoms with Crippen LogP contribution in [0.25, 0.3) is 0 Å². The average Bonchev–Trinajstić information content (AvgIpc) is 2.25. The highest BCUT2D eigenvalue weighted by molar-refractivity contribution is 5.24. The van der Waals surface area contributed by atoms with Gasteiger partial charge in [0.05, 0.1) is 0 Å². The molecule has 0 fully saturated rings. The van der Waals surface area contributed by atoms with Gasteiger partial charge in [-0.15, -0.1) is 0 Å². The third-order valence-electron chi connectivity index (χ3n) is 3.68. The Balaban J connectivity index is 2.98. The van der Waals surface area contributed by atoms with Crippen molar-refractivity contribution in [1.82, 2.24) is 0 Å². The van der Waals surface area contributed by atoms with Crippen LogP contribution in [0.4, 0.5) is 0 Å². The van der Waals surface area contributed by atoms with Crippen molar-refractivity contribution in [3.05, 3.63) is 35.5 Å². The van der Waals surface area contributed by atoms with Gasteiger partial charge < -0.3 is 0 Å². The summed E-state index contributed by atoms with van der Waals surface area (Å²) >= 11 is 0. The molecule has 0 saturated carbocycles. The standard InChI is InChI=1S/C16H26/c1-6-8-14(7-2)16-11-13(5)9-10-15(16)12(3)4/h8,11,15-16H,3,6-7,9-10H2,1-2,4-5H3/b14-8+. The van der Waals surface area contributed by atoms with E-state index in [1.807, 2.05) is 0 Å². The van der Waals surface area contributed by atoms with E-state index in [4.69, 9.17) is 0 Å². The van der Waals surface area contributed by atoms with Gasteiger partial charge in [0.2, 0.25) is 0 Å². The first-order chi connectivity index (χ1) is 7.60. The Bertz CT molecular complexity index is 304. The van der Waals surface area contributed by atoms with Gasteiger partial charge >= 0.3 is 0 Å². The monoisotopic (exact) mass is 218 g/mol. The molecule has 0 N–H and O–H groups in total. The molecule has 0 amide bonds. The molecule has 0 spiro atoms. The molecular formula is C16H26. The Morgan fingerprint density at radius 1 is 1.50 bits per heavy atom. The molecule has 0 aromatic heterocycles. The Hall–Kier alpha value is -0.780. The van der Waals surface area contributed by atoms with Crippen LogP contribution in [0.2, 0.25) is 0 Å². The molecule has 0 radical (unpaired) electrons. The lowest BCUT2D eigenvalue weighted by Crippen LogP contribution is -2.20. The minimum absolute atomic E-state index is 0.621. The highest BCUT2D eigenvalue weighted by Crippen LogP contribution is 2.38. The summed E-state index contributed by atoms with van der Waals surface area (Å²) in [6.45, 7) is 13.1. The van der Waals surface area contributed by atoms with Crippen LogP contribution in [0.5, 0.6) is 0 Å².